The van der Waals surface area contributed by atoms with Crippen LogP contribution in [0.1, 0.15) is 24.8 Å². The van der Waals surface area contributed by atoms with E-state index in [4.69, 9.17) is 0 Å². The lowest BCUT2D eigenvalue weighted by Gasteiger charge is -2.27. The topological polar surface area (TPSA) is 73.0 Å². The molecule has 0 bridgehead atoms. The van der Waals surface area contributed by atoms with Gasteiger partial charge in [0.1, 0.15) is 5.65 Å². The number of rotatable bonds is 4. The van der Waals surface area contributed by atoms with E-state index in [0.717, 1.165) is 46.9 Å². The van der Waals surface area contributed by atoms with Crippen molar-refractivity contribution >= 4 is 46.8 Å². The molecule has 2 aliphatic heterocycles. The average molecular weight is 408 g/mol. The number of carbonyl (C=O) groups is 1. The molecule has 0 unspecified atom stereocenters. The summed E-state index contributed by atoms with van der Waals surface area (Å²) in [6.07, 6.45) is 9.40. The van der Waals surface area contributed by atoms with Crippen molar-refractivity contribution in [3.63, 3.8) is 0 Å². The number of fused-ring (bicyclic) bond motifs is 1. The molecule has 146 valence electrons. The standard InChI is InChI=1S/C19H25N5OS.ClH/c1-13-10-22-18-17(13)15(5-7-21-18)24-8-9-26-16(12-24)19(25)23-11-14-4-2-3-6-20-14;/h5,7,10,12,14,20H,2-4,6,8-9,11H2,1H3,(H,21,22)(H,23,25);1H/t14-;/m0./s1. The van der Waals surface area contributed by atoms with E-state index < -0.39 is 0 Å². The highest BCUT2D eigenvalue weighted by Crippen LogP contribution is 2.32. The quantitative estimate of drug-likeness (QED) is 0.726. The number of aromatic nitrogens is 2. The maximum Gasteiger partial charge on any atom is 0.259 e. The third kappa shape index (κ3) is 4.42. The first-order chi connectivity index (χ1) is 12.7. The van der Waals surface area contributed by atoms with E-state index in [9.17, 15) is 4.79 Å². The summed E-state index contributed by atoms with van der Waals surface area (Å²) in [5.74, 6) is 0.928. The molecule has 0 radical (unpaired) electrons. The van der Waals surface area contributed by atoms with E-state index in [1.54, 1.807) is 11.8 Å². The fraction of sp³-hybridized carbons (Fsp3) is 0.474. The first-order valence-electron chi connectivity index (χ1n) is 9.28. The number of hydrogen-bond acceptors (Lipinski definition) is 5. The molecular formula is C19H26ClN5OS. The maximum absolute atomic E-state index is 12.6. The zero-order chi connectivity index (χ0) is 17.9. The minimum Gasteiger partial charge on any atom is -0.350 e. The van der Waals surface area contributed by atoms with Gasteiger partial charge in [0.25, 0.3) is 5.91 Å². The monoisotopic (exact) mass is 407 g/mol. The third-order valence-corrected chi connectivity index (χ3v) is 6.05. The van der Waals surface area contributed by atoms with E-state index in [1.807, 2.05) is 24.7 Å². The fourth-order valence-electron chi connectivity index (χ4n) is 3.65. The molecule has 8 heteroatoms. The molecule has 1 atom stereocenters. The number of nitrogens with zero attached hydrogens (tertiary/aromatic N) is 2. The lowest BCUT2D eigenvalue weighted by atomic mass is 10.1. The second kappa shape index (κ2) is 8.99. The number of piperidine rings is 1. The van der Waals surface area contributed by atoms with Crippen LogP contribution in [0.2, 0.25) is 0 Å². The highest BCUT2D eigenvalue weighted by molar-refractivity contribution is 8.04. The SMILES string of the molecule is Cc1c[nH]c2nccc(N3C=C(C(=O)NC[C@@H]4CCCCN4)SCC3)c12.Cl. The predicted molar refractivity (Wildman–Crippen MR) is 115 cm³/mol. The second-order valence-corrected chi connectivity index (χ2v) is 8.05. The van der Waals surface area contributed by atoms with Gasteiger partial charge < -0.3 is 20.5 Å². The summed E-state index contributed by atoms with van der Waals surface area (Å²) in [5, 5.41) is 7.70. The molecule has 0 saturated carbocycles. The van der Waals surface area contributed by atoms with Gasteiger partial charge in [-0.15, -0.1) is 24.2 Å². The maximum atomic E-state index is 12.6. The lowest BCUT2D eigenvalue weighted by Crippen LogP contribution is -2.44. The summed E-state index contributed by atoms with van der Waals surface area (Å²) in [6.45, 7) is 4.72. The molecule has 3 N–H and O–H groups in total. The Kier molecular flexibility index (Phi) is 6.68. The molecule has 0 spiro atoms. The van der Waals surface area contributed by atoms with Crippen LogP contribution in [-0.4, -0.2) is 47.3 Å². The fourth-order valence-corrected chi connectivity index (χ4v) is 4.56. The highest BCUT2D eigenvalue weighted by Gasteiger charge is 2.21. The van der Waals surface area contributed by atoms with Gasteiger partial charge in [0, 0.05) is 48.9 Å². The molecule has 2 aliphatic rings. The normalized spacial score (nSPS) is 20.1. The number of pyridine rings is 1. The van der Waals surface area contributed by atoms with Crippen LogP contribution in [0.4, 0.5) is 5.69 Å². The zero-order valence-corrected chi connectivity index (χ0v) is 17.1. The minimum atomic E-state index is 0. The van der Waals surface area contributed by atoms with Crippen LogP contribution in [-0.2, 0) is 4.79 Å². The summed E-state index contributed by atoms with van der Waals surface area (Å²) in [7, 11) is 0. The molecule has 27 heavy (non-hydrogen) atoms. The van der Waals surface area contributed by atoms with Crippen LogP contribution < -0.4 is 15.5 Å². The summed E-state index contributed by atoms with van der Waals surface area (Å²) in [5.41, 5.74) is 3.17. The number of anilines is 1. The Hall–Kier alpha value is -1.70. The first-order valence-corrected chi connectivity index (χ1v) is 10.3. The molecule has 4 heterocycles. The Bertz CT molecular complexity index is 831. The zero-order valence-electron chi connectivity index (χ0n) is 15.5. The van der Waals surface area contributed by atoms with E-state index in [1.165, 1.54) is 18.4 Å². The number of thioether (sulfide) groups is 1. The Morgan fingerprint density at radius 2 is 2.33 bits per heavy atom. The number of H-pyrrole nitrogens is 1. The molecule has 1 saturated heterocycles. The second-order valence-electron chi connectivity index (χ2n) is 6.92. The number of amides is 1. The number of aryl methyl sites for hydroxylation is 1. The van der Waals surface area contributed by atoms with Gasteiger partial charge in [-0.1, -0.05) is 6.42 Å². The van der Waals surface area contributed by atoms with Crippen LogP contribution in [0.5, 0.6) is 0 Å². The van der Waals surface area contributed by atoms with Crippen molar-refractivity contribution in [1.29, 1.82) is 0 Å². The Labute approximate surface area is 170 Å². The molecule has 2 aromatic heterocycles. The van der Waals surface area contributed by atoms with E-state index in [2.05, 4.69) is 32.4 Å². The van der Waals surface area contributed by atoms with Crippen molar-refractivity contribution in [3.05, 3.63) is 35.1 Å². The van der Waals surface area contributed by atoms with Gasteiger partial charge in [0.15, 0.2) is 0 Å². The molecular weight excluding hydrogens is 382 g/mol. The van der Waals surface area contributed by atoms with E-state index in [-0.39, 0.29) is 18.3 Å². The number of hydrogen-bond donors (Lipinski definition) is 3. The van der Waals surface area contributed by atoms with Gasteiger partial charge in [-0.3, -0.25) is 4.79 Å². The van der Waals surface area contributed by atoms with Crippen LogP contribution in [0.3, 0.4) is 0 Å². The minimum absolute atomic E-state index is 0. The molecule has 2 aromatic rings. The first kappa shape index (κ1) is 20.0. The van der Waals surface area contributed by atoms with Crippen LogP contribution in [0, 0.1) is 6.92 Å². The van der Waals surface area contributed by atoms with Gasteiger partial charge in [0.2, 0.25) is 0 Å². The Balaban J connectivity index is 0.00000210. The highest BCUT2D eigenvalue weighted by atomic mass is 35.5. The molecule has 4 rings (SSSR count). The van der Waals surface area contributed by atoms with E-state index >= 15 is 0 Å². The Morgan fingerprint density at radius 3 is 3.15 bits per heavy atom. The van der Waals surface area contributed by atoms with Crippen molar-refractivity contribution < 1.29 is 4.79 Å². The van der Waals surface area contributed by atoms with Crippen molar-refractivity contribution in [1.82, 2.24) is 20.6 Å². The van der Waals surface area contributed by atoms with Crippen LogP contribution >= 0.6 is 24.2 Å². The summed E-state index contributed by atoms with van der Waals surface area (Å²) in [6, 6.07) is 2.43. The van der Waals surface area contributed by atoms with Gasteiger partial charge in [-0.05, 0) is 37.9 Å². The van der Waals surface area contributed by atoms with E-state index in [0.29, 0.717) is 12.6 Å². The van der Waals surface area contributed by atoms with Crippen LogP contribution in [0.15, 0.2) is 29.6 Å². The summed E-state index contributed by atoms with van der Waals surface area (Å²) < 4.78 is 0. The molecule has 0 aromatic carbocycles. The number of carbonyl (C=O) groups excluding carboxylic acids is 1. The van der Waals surface area contributed by atoms with Crippen molar-refractivity contribution in [2.24, 2.45) is 0 Å². The van der Waals surface area contributed by atoms with Crippen molar-refractivity contribution in [2.75, 3.05) is 30.3 Å². The van der Waals surface area contributed by atoms with Crippen LogP contribution in [0.25, 0.3) is 11.0 Å². The largest absolute Gasteiger partial charge is 0.350 e. The van der Waals surface area contributed by atoms with Gasteiger partial charge >= 0.3 is 0 Å². The average Bonchev–Trinajstić information content (AvgIpc) is 3.08. The number of nitrogens with one attached hydrogen (secondary N) is 3. The van der Waals surface area contributed by atoms with Crippen molar-refractivity contribution in [2.45, 2.75) is 32.2 Å². The van der Waals surface area contributed by atoms with Gasteiger partial charge in [-0.25, -0.2) is 4.98 Å². The smallest absolute Gasteiger partial charge is 0.259 e. The molecule has 1 fully saturated rings. The number of halogens is 1. The summed E-state index contributed by atoms with van der Waals surface area (Å²) >= 11 is 1.63. The summed E-state index contributed by atoms with van der Waals surface area (Å²) in [4.78, 5) is 23.2. The Morgan fingerprint density at radius 1 is 1.44 bits per heavy atom. The lowest BCUT2D eigenvalue weighted by molar-refractivity contribution is -0.116. The van der Waals surface area contributed by atoms with Gasteiger partial charge in [-0.2, -0.15) is 0 Å². The third-order valence-electron chi connectivity index (χ3n) is 5.07. The number of aromatic amines is 1. The van der Waals surface area contributed by atoms with Crippen molar-refractivity contribution in [3.8, 4) is 0 Å². The molecule has 6 nitrogen and oxygen atoms in total. The van der Waals surface area contributed by atoms with Gasteiger partial charge in [0.05, 0.1) is 10.6 Å². The predicted octanol–water partition coefficient (Wildman–Crippen LogP) is 2.95. The molecule has 0 aliphatic carbocycles. The molecule has 1 amide bonds.